The summed E-state index contributed by atoms with van der Waals surface area (Å²) in [6, 6.07) is 13.2. The predicted octanol–water partition coefficient (Wildman–Crippen LogP) is 3.13. The van der Waals surface area contributed by atoms with Gasteiger partial charge in [-0.3, -0.25) is 4.79 Å². The average molecular weight is 474 g/mol. The molecule has 1 heterocycles. The number of hydrogen-bond acceptors (Lipinski definition) is 5. The Kier molecular flexibility index (Phi) is 8.15. The van der Waals surface area contributed by atoms with Crippen molar-refractivity contribution in [2.75, 3.05) is 40.8 Å². The van der Waals surface area contributed by atoms with E-state index in [1.807, 2.05) is 64.3 Å². The molecule has 2 aromatic carbocycles. The maximum atomic E-state index is 13.1. The first-order valence-corrected chi connectivity index (χ1v) is 12.7. The number of methoxy groups -OCH3 is 1. The van der Waals surface area contributed by atoms with Gasteiger partial charge in [-0.05, 0) is 70.1 Å². The van der Waals surface area contributed by atoms with Crippen LogP contribution in [0.15, 0.2) is 47.4 Å². The predicted molar refractivity (Wildman–Crippen MR) is 130 cm³/mol. The number of rotatable bonds is 8. The maximum Gasteiger partial charge on any atom is 0.243 e. The number of amides is 1. The van der Waals surface area contributed by atoms with E-state index in [2.05, 4.69) is 10.2 Å². The first-order chi connectivity index (χ1) is 15.6. The van der Waals surface area contributed by atoms with Crippen LogP contribution < -0.4 is 10.1 Å². The van der Waals surface area contributed by atoms with Crippen LogP contribution in [0.5, 0.6) is 5.75 Å². The summed E-state index contributed by atoms with van der Waals surface area (Å²) in [5.74, 6) is 0.570. The van der Waals surface area contributed by atoms with Crippen LogP contribution in [0.1, 0.15) is 35.6 Å². The van der Waals surface area contributed by atoms with Gasteiger partial charge in [-0.25, -0.2) is 8.42 Å². The molecule has 33 heavy (non-hydrogen) atoms. The molecule has 8 heteroatoms. The molecule has 1 atom stereocenters. The lowest BCUT2D eigenvalue weighted by molar-refractivity contribution is -0.126. The van der Waals surface area contributed by atoms with E-state index >= 15 is 0 Å². The van der Waals surface area contributed by atoms with Gasteiger partial charge >= 0.3 is 0 Å². The number of nitrogens with one attached hydrogen (secondary N) is 1. The van der Waals surface area contributed by atoms with Gasteiger partial charge in [-0.15, -0.1) is 0 Å². The summed E-state index contributed by atoms with van der Waals surface area (Å²) in [6.07, 6.45) is 1.03. The number of carbonyl (C=O) groups excluding carboxylic acids is 1. The van der Waals surface area contributed by atoms with Crippen LogP contribution in [0, 0.1) is 19.8 Å². The molecule has 1 N–H and O–H groups in total. The van der Waals surface area contributed by atoms with E-state index in [9.17, 15) is 13.2 Å². The highest BCUT2D eigenvalue weighted by Crippen LogP contribution is 2.27. The van der Waals surface area contributed by atoms with Crippen molar-refractivity contribution in [1.29, 1.82) is 0 Å². The Bertz CT molecular complexity index is 1080. The van der Waals surface area contributed by atoms with Crippen LogP contribution >= 0.6 is 0 Å². The van der Waals surface area contributed by atoms with Crippen molar-refractivity contribution < 1.29 is 17.9 Å². The van der Waals surface area contributed by atoms with Gasteiger partial charge in [-0.1, -0.05) is 29.8 Å². The van der Waals surface area contributed by atoms with Gasteiger partial charge in [0, 0.05) is 25.6 Å². The van der Waals surface area contributed by atoms with Gasteiger partial charge in [0.2, 0.25) is 15.9 Å². The van der Waals surface area contributed by atoms with Crippen LogP contribution in [-0.4, -0.2) is 64.4 Å². The van der Waals surface area contributed by atoms with E-state index in [0.717, 1.165) is 22.4 Å². The number of ether oxygens (including phenoxy) is 1. The molecule has 1 aliphatic heterocycles. The Morgan fingerprint density at radius 2 is 1.85 bits per heavy atom. The summed E-state index contributed by atoms with van der Waals surface area (Å²) in [6.45, 7) is 4.94. The van der Waals surface area contributed by atoms with Crippen molar-refractivity contribution in [1.82, 2.24) is 14.5 Å². The van der Waals surface area contributed by atoms with Crippen molar-refractivity contribution in [2.24, 2.45) is 5.92 Å². The minimum absolute atomic E-state index is 0.00836. The van der Waals surface area contributed by atoms with E-state index in [0.29, 0.717) is 37.4 Å². The SMILES string of the molecule is COc1cccc(C(CNC(=O)C2CCN(S(=O)(=O)c3ccc(C)cc3C)CC2)N(C)C)c1. The van der Waals surface area contributed by atoms with Crippen LogP contribution in [0.3, 0.4) is 0 Å². The number of likely N-dealkylation sites (N-methyl/N-ethyl adjacent to an activating group) is 1. The molecule has 7 nitrogen and oxygen atoms in total. The van der Waals surface area contributed by atoms with E-state index in [-0.39, 0.29) is 17.9 Å². The third-order valence-electron chi connectivity index (χ3n) is 6.34. The zero-order valence-electron chi connectivity index (χ0n) is 20.2. The van der Waals surface area contributed by atoms with Crippen molar-refractivity contribution in [2.45, 2.75) is 37.6 Å². The third kappa shape index (κ3) is 5.93. The van der Waals surface area contributed by atoms with E-state index in [1.165, 1.54) is 4.31 Å². The van der Waals surface area contributed by atoms with Gasteiger partial charge in [0.1, 0.15) is 5.75 Å². The molecule has 3 rings (SSSR count). The Morgan fingerprint density at radius 3 is 2.45 bits per heavy atom. The average Bonchev–Trinajstić information content (AvgIpc) is 2.79. The number of nitrogens with zero attached hydrogens (tertiary/aromatic N) is 2. The van der Waals surface area contributed by atoms with Gasteiger partial charge in [0.15, 0.2) is 0 Å². The van der Waals surface area contributed by atoms with Crippen molar-refractivity contribution in [3.05, 3.63) is 59.2 Å². The molecule has 180 valence electrons. The van der Waals surface area contributed by atoms with Crippen molar-refractivity contribution in [3.63, 3.8) is 0 Å². The summed E-state index contributed by atoms with van der Waals surface area (Å²) in [7, 11) is 2.04. The highest BCUT2D eigenvalue weighted by atomic mass is 32.2. The summed E-state index contributed by atoms with van der Waals surface area (Å²) < 4.78 is 33.0. The molecule has 0 aromatic heterocycles. The molecular weight excluding hydrogens is 438 g/mol. The zero-order chi connectivity index (χ0) is 24.2. The lowest BCUT2D eigenvalue weighted by atomic mass is 9.97. The highest BCUT2D eigenvalue weighted by molar-refractivity contribution is 7.89. The number of hydrogen-bond donors (Lipinski definition) is 1. The fourth-order valence-electron chi connectivity index (χ4n) is 4.38. The van der Waals surface area contributed by atoms with Gasteiger partial charge in [-0.2, -0.15) is 4.31 Å². The fourth-order valence-corrected chi connectivity index (χ4v) is 6.05. The molecule has 0 bridgehead atoms. The number of aryl methyl sites for hydroxylation is 2. The largest absolute Gasteiger partial charge is 0.497 e. The topological polar surface area (TPSA) is 79.0 Å². The monoisotopic (exact) mass is 473 g/mol. The number of benzene rings is 2. The zero-order valence-corrected chi connectivity index (χ0v) is 21.0. The molecular formula is C25H35N3O4S. The van der Waals surface area contributed by atoms with Crippen LogP contribution in [0.4, 0.5) is 0 Å². The van der Waals surface area contributed by atoms with Crippen LogP contribution in [-0.2, 0) is 14.8 Å². The van der Waals surface area contributed by atoms with Crippen LogP contribution in [0.25, 0.3) is 0 Å². The second-order valence-corrected chi connectivity index (χ2v) is 10.9. The molecule has 2 aromatic rings. The molecule has 0 radical (unpaired) electrons. The molecule has 1 fully saturated rings. The Balaban J connectivity index is 1.59. The fraction of sp³-hybridized carbons (Fsp3) is 0.480. The van der Waals surface area contributed by atoms with E-state index < -0.39 is 10.0 Å². The van der Waals surface area contributed by atoms with Crippen molar-refractivity contribution >= 4 is 15.9 Å². The Labute approximate surface area is 197 Å². The molecule has 0 aliphatic carbocycles. The molecule has 0 spiro atoms. The summed E-state index contributed by atoms with van der Waals surface area (Å²) in [4.78, 5) is 15.3. The summed E-state index contributed by atoms with van der Waals surface area (Å²) in [5.41, 5.74) is 2.85. The molecule has 1 saturated heterocycles. The van der Waals surface area contributed by atoms with Crippen LogP contribution in [0.2, 0.25) is 0 Å². The second kappa shape index (κ2) is 10.7. The minimum Gasteiger partial charge on any atom is -0.497 e. The lowest BCUT2D eigenvalue weighted by Gasteiger charge is -2.32. The summed E-state index contributed by atoms with van der Waals surface area (Å²) in [5, 5.41) is 3.08. The third-order valence-corrected chi connectivity index (χ3v) is 8.40. The van der Waals surface area contributed by atoms with E-state index in [4.69, 9.17) is 4.74 Å². The quantitative estimate of drug-likeness (QED) is 0.637. The molecule has 1 amide bonds. The van der Waals surface area contributed by atoms with Gasteiger partial charge in [0.25, 0.3) is 0 Å². The summed E-state index contributed by atoms with van der Waals surface area (Å²) >= 11 is 0. The van der Waals surface area contributed by atoms with Crippen molar-refractivity contribution in [3.8, 4) is 5.75 Å². The number of piperidine rings is 1. The minimum atomic E-state index is -3.56. The number of carbonyl (C=O) groups is 1. The first kappa shape index (κ1) is 25.2. The lowest BCUT2D eigenvalue weighted by Crippen LogP contribution is -2.44. The van der Waals surface area contributed by atoms with Gasteiger partial charge in [0.05, 0.1) is 18.0 Å². The van der Waals surface area contributed by atoms with E-state index in [1.54, 1.807) is 13.2 Å². The smallest absolute Gasteiger partial charge is 0.243 e. The first-order valence-electron chi connectivity index (χ1n) is 11.3. The maximum absolute atomic E-state index is 13.1. The standard InChI is InChI=1S/C25H35N3O4S/c1-18-9-10-24(19(2)15-18)33(30,31)28-13-11-20(12-14-28)25(29)26-17-23(27(3)4)21-7-6-8-22(16-21)32-5/h6-10,15-16,20,23H,11-14,17H2,1-5H3,(H,26,29). The van der Waals surface area contributed by atoms with Gasteiger partial charge < -0.3 is 15.0 Å². The second-order valence-electron chi connectivity index (χ2n) is 8.95. The molecule has 1 aliphatic rings. The Hall–Kier alpha value is -2.42. The number of sulfonamides is 1. The highest BCUT2D eigenvalue weighted by Gasteiger charge is 2.33. The molecule has 0 saturated carbocycles. The molecule has 1 unspecified atom stereocenters. The Morgan fingerprint density at radius 1 is 1.15 bits per heavy atom. The normalized spacial score (nSPS) is 16.5.